The first-order valence-electron chi connectivity index (χ1n) is 9.36. The maximum atomic E-state index is 13.3. The molecule has 1 saturated carbocycles. The summed E-state index contributed by atoms with van der Waals surface area (Å²) >= 11 is -2.12. The predicted molar refractivity (Wildman–Crippen MR) is 108 cm³/mol. The molecular formula is C20H24FN3O4S. The molecule has 1 fully saturated rings. The first kappa shape index (κ1) is 21.5. The van der Waals surface area contributed by atoms with E-state index in [2.05, 4.69) is 15.0 Å². The number of pyridine rings is 1. The third kappa shape index (κ3) is 5.66. The Kier molecular flexibility index (Phi) is 7.07. The fraction of sp³-hybridized carbons (Fsp3) is 0.400. The van der Waals surface area contributed by atoms with Gasteiger partial charge in [-0.25, -0.2) is 13.3 Å². The number of hydrogen-bond donors (Lipinski definition) is 4. The van der Waals surface area contributed by atoms with E-state index in [1.54, 1.807) is 43.5 Å². The van der Waals surface area contributed by atoms with Gasteiger partial charge in [0.2, 0.25) is 17.2 Å². The van der Waals surface area contributed by atoms with E-state index < -0.39 is 30.1 Å². The Morgan fingerprint density at radius 3 is 2.41 bits per heavy atom. The summed E-state index contributed by atoms with van der Waals surface area (Å²) in [5, 5.41) is 13.0. The number of halogens is 1. The number of alkyl halides is 1. The molecule has 1 aliphatic carbocycles. The van der Waals surface area contributed by atoms with Crippen LogP contribution in [0.1, 0.15) is 43.2 Å². The number of aromatic nitrogens is 1. The van der Waals surface area contributed by atoms with Gasteiger partial charge in [-0.2, -0.15) is 0 Å². The highest BCUT2D eigenvalue weighted by Crippen LogP contribution is 2.30. The second kappa shape index (κ2) is 9.53. The van der Waals surface area contributed by atoms with Crippen molar-refractivity contribution in [3.63, 3.8) is 0 Å². The fourth-order valence-electron chi connectivity index (χ4n) is 3.00. The van der Waals surface area contributed by atoms with Crippen LogP contribution in [0.25, 0.3) is 11.1 Å². The zero-order valence-corrected chi connectivity index (χ0v) is 16.7. The predicted octanol–water partition coefficient (Wildman–Crippen LogP) is 2.43. The van der Waals surface area contributed by atoms with Crippen molar-refractivity contribution in [1.29, 1.82) is 0 Å². The molecule has 4 atom stereocenters. The Bertz CT molecular complexity index is 859. The molecule has 7 nitrogen and oxygen atoms in total. The van der Waals surface area contributed by atoms with E-state index in [-0.39, 0.29) is 17.9 Å². The summed E-state index contributed by atoms with van der Waals surface area (Å²) in [5.74, 6) is -0.257. The molecular weight excluding hydrogens is 397 g/mol. The third-order valence-electron chi connectivity index (χ3n) is 4.92. The zero-order valence-electron chi connectivity index (χ0n) is 15.9. The van der Waals surface area contributed by atoms with E-state index in [4.69, 9.17) is 4.55 Å². The number of aliphatic hydroxyl groups excluding tert-OH is 1. The summed E-state index contributed by atoms with van der Waals surface area (Å²) in [4.78, 5) is 16.2. The van der Waals surface area contributed by atoms with Crippen molar-refractivity contribution in [3.8, 4) is 11.1 Å². The van der Waals surface area contributed by atoms with Crippen molar-refractivity contribution in [2.45, 2.75) is 38.0 Å². The topological polar surface area (TPSA) is 112 Å². The van der Waals surface area contributed by atoms with Crippen LogP contribution in [0.15, 0.2) is 42.6 Å². The monoisotopic (exact) mass is 421 g/mol. The average molecular weight is 421 g/mol. The second-order valence-corrected chi connectivity index (χ2v) is 7.90. The molecule has 1 aromatic carbocycles. The van der Waals surface area contributed by atoms with E-state index in [1.165, 1.54) is 0 Å². The summed E-state index contributed by atoms with van der Waals surface area (Å²) in [7, 11) is 0. The maximum Gasteiger partial charge on any atom is 0.232 e. The minimum atomic E-state index is -2.12. The van der Waals surface area contributed by atoms with Crippen LogP contribution < -0.4 is 10.0 Å². The minimum absolute atomic E-state index is 0.0515. The van der Waals surface area contributed by atoms with Gasteiger partial charge in [0.1, 0.15) is 12.8 Å². The van der Waals surface area contributed by atoms with Crippen LogP contribution in [0, 0.1) is 5.92 Å². The van der Waals surface area contributed by atoms with Crippen LogP contribution in [-0.2, 0) is 16.1 Å². The molecule has 4 N–H and O–H groups in total. The van der Waals surface area contributed by atoms with E-state index in [0.717, 1.165) is 24.0 Å². The molecule has 2 aromatic rings. The molecule has 156 valence electrons. The van der Waals surface area contributed by atoms with Gasteiger partial charge in [0, 0.05) is 17.7 Å². The number of carbonyl (C=O) groups is 1. The van der Waals surface area contributed by atoms with Crippen molar-refractivity contribution in [2.24, 2.45) is 5.92 Å². The van der Waals surface area contributed by atoms with Gasteiger partial charge in [-0.1, -0.05) is 30.3 Å². The number of amides is 1. The number of hydrogen-bond acceptors (Lipinski definition) is 4. The van der Waals surface area contributed by atoms with Crippen molar-refractivity contribution in [2.75, 3.05) is 6.67 Å². The Balaban J connectivity index is 1.67. The molecule has 3 rings (SSSR count). The molecule has 0 radical (unpaired) electrons. The van der Waals surface area contributed by atoms with Crippen LogP contribution in [-0.4, -0.2) is 37.5 Å². The average Bonchev–Trinajstić information content (AvgIpc) is 3.56. The van der Waals surface area contributed by atoms with Crippen LogP contribution in [0.2, 0.25) is 0 Å². The Hall–Kier alpha value is -2.20. The van der Waals surface area contributed by atoms with Crippen molar-refractivity contribution >= 4 is 17.2 Å². The number of nitrogens with zero attached hydrogens (tertiary/aromatic N) is 1. The van der Waals surface area contributed by atoms with Crippen LogP contribution in [0.4, 0.5) is 4.39 Å². The molecule has 9 heteroatoms. The molecule has 0 saturated heterocycles. The van der Waals surface area contributed by atoms with Gasteiger partial charge < -0.3 is 10.4 Å². The number of rotatable bonds is 9. The lowest BCUT2D eigenvalue weighted by Crippen LogP contribution is -2.41. The Labute approximate surface area is 171 Å². The van der Waals surface area contributed by atoms with Gasteiger partial charge in [0.15, 0.2) is 0 Å². The summed E-state index contributed by atoms with van der Waals surface area (Å²) in [6.07, 6.45) is 2.15. The lowest BCUT2D eigenvalue weighted by Gasteiger charge is -2.22. The van der Waals surface area contributed by atoms with Gasteiger partial charge in [-0.15, -0.1) is 0 Å². The highest BCUT2D eigenvalue weighted by Gasteiger charge is 2.33. The summed E-state index contributed by atoms with van der Waals surface area (Å²) in [6, 6.07) is 9.21. The molecule has 0 bridgehead atoms. The van der Waals surface area contributed by atoms with Crippen LogP contribution >= 0.6 is 0 Å². The maximum absolute atomic E-state index is 13.3. The third-order valence-corrected chi connectivity index (χ3v) is 5.47. The first-order valence-corrected chi connectivity index (χ1v) is 10.5. The molecule has 2 unspecified atom stereocenters. The van der Waals surface area contributed by atoms with E-state index in [9.17, 15) is 18.5 Å². The largest absolute Gasteiger partial charge is 0.386 e. The molecule has 0 aliphatic heterocycles. The zero-order chi connectivity index (χ0) is 21.0. The standard InChI is InChI=1S/C20H24FN3O4S/c1-12(24-29(27)28)17-9-8-16(11-22-17)13-2-4-14(5-3-13)19(25)18(10-21)23-20(26)15-6-7-15/h2-5,8-9,11-12,15,18-19,24-25H,6-7,10H2,1H3,(H,23,26)(H,27,28)/t12?,18-,19+/m1/s1. The summed E-state index contributed by atoms with van der Waals surface area (Å²) in [5.41, 5.74) is 2.82. The van der Waals surface area contributed by atoms with Crippen molar-refractivity contribution in [3.05, 3.63) is 53.9 Å². The van der Waals surface area contributed by atoms with Crippen molar-refractivity contribution < 1.29 is 23.1 Å². The number of carbonyl (C=O) groups excluding carboxylic acids is 1. The first-order chi connectivity index (χ1) is 13.9. The van der Waals surface area contributed by atoms with E-state index in [0.29, 0.717) is 11.3 Å². The quantitative estimate of drug-likeness (QED) is 0.465. The Morgan fingerprint density at radius 2 is 1.90 bits per heavy atom. The van der Waals surface area contributed by atoms with Crippen molar-refractivity contribution in [1.82, 2.24) is 15.0 Å². The Morgan fingerprint density at radius 1 is 1.24 bits per heavy atom. The number of aliphatic hydroxyl groups is 1. The lowest BCUT2D eigenvalue weighted by molar-refractivity contribution is -0.124. The number of nitrogens with one attached hydrogen (secondary N) is 2. The minimum Gasteiger partial charge on any atom is -0.386 e. The highest BCUT2D eigenvalue weighted by atomic mass is 32.2. The molecule has 1 aromatic heterocycles. The second-order valence-electron chi connectivity index (χ2n) is 7.17. The van der Waals surface area contributed by atoms with Crippen LogP contribution in [0.5, 0.6) is 0 Å². The molecule has 1 amide bonds. The van der Waals surface area contributed by atoms with Crippen LogP contribution in [0.3, 0.4) is 0 Å². The van der Waals surface area contributed by atoms with Gasteiger partial charge in [0.25, 0.3) is 0 Å². The normalized spacial score (nSPS) is 17.9. The summed E-state index contributed by atoms with van der Waals surface area (Å²) in [6.45, 7) is 0.882. The SMILES string of the molecule is CC(NS(=O)O)c1ccc(-c2ccc([C@H](O)[C@@H](CF)NC(=O)C3CC3)cc2)cn1. The summed E-state index contributed by atoms with van der Waals surface area (Å²) < 4.78 is 35.5. The van der Waals surface area contributed by atoms with Gasteiger partial charge >= 0.3 is 0 Å². The van der Waals surface area contributed by atoms with Gasteiger partial charge in [-0.05, 0) is 37.0 Å². The lowest BCUT2D eigenvalue weighted by atomic mass is 9.99. The smallest absolute Gasteiger partial charge is 0.232 e. The van der Waals surface area contributed by atoms with Gasteiger partial charge in [0.05, 0.1) is 17.8 Å². The molecule has 0 spiro atoms. The molecule has 1 aliphatic rings. The van der Waals surface area contributed by atoms with E-state index in [1.807, 2.05) is 6.07 Å². The molecule has 29 heavy (non-hydrogen) atoms. The number of benzene rings is 1. The highest BCUT2D eigenvalue weighted by molar-refractivity contribution is 7.77. The van der Waals surface area contributed by atoms with E-state index >= 15 is 0 Å². The molecule has 1 heterocycles. The van der Waals surface area contributed by atoms with Gasteiger partial charge in [-0.3, -0.25) is 14.3 Å². The fourth-order valence-corrected chi connectivity index (χ4v) is 3.42.